The summed E-state index contributed by atoms with van der Waals surface area (Å²) in [5, 5.41) is 9.30. The van der Waals surface area contributed by atoms with Crippen LogP contribution in [0.25, 0.3) is 0 Å². The molecule has 3 nitrogen and oxygen atoms in total. The van der Waals surface area contributed by atoms with Crippen molar-refractivity contribution >= 4 is 11.6 Å². The molecule has 0 amide bonds. The van der Waals surface area contributed by atoms with Crippen LogP contribution in [-0.4, -0.2) is 43.4 Å². The summed E-state index contributed by atoms with van der Waals surface area (Å²) in [5.74, 6) is -0.331. The van der Waals surface area contributed by atoms with E-state index in [0.717, 1.165) is 18.7 Å². The number of rotatable bonds is 8. The van der Waals surface area contributed by atoms with E-state index >= 15 is 0 Å². The van der Waals surface area contributed by atoms with Crippen LogP contribution in [0.1, 0.15) is 12.0 Å². The average Bonchev–Trinajstić information content (AvgIpc) is 2.35. The smallest absolute Gasteiger partial charge is 0.124 e. The topological polar surface area (TPSA) is 32.7 Å². The summed E-state index contributed by atoms with van der Waals surface area (Å²) in [6.45, 7) is 2.91. The standard InChI is InChI=1S/C13H19ClFNO2/c1-18-8-6-16(5-2-7-17)10-11-3-4-12(15)9-13(11)14/h3-4,9,17H,2,5-8,10H2,1H3. The molecule has 0 unspecified atom stereocenters. The first-order valence-electron chi connectivity index (χ1n) is 5.93. The molecule has 0 aliphatic carbocycles. The number of methoxy groups -OCH3 is 1. The molecule has 18 heavy (non-hydrogen) atoms. The summed E-state index contributed by atoms with van der Waals surface area (Å²) >= 11 is 5.99. The van der Waals surface area contributed by atoms with Crippen LogP contribution in [0.3, 0.4) is 0 Å². The molecule has 0 atom stereocenters. The van der Waals surface area contributed by atoms with Crippen molar-refractivity contribution in [1.29, 1.82) is 0 Å². The second kappa shape index (κ2) is 8.43. The largest absolute Gasteiger partial charge is 0.396 e. The molecule has 0 aliphatic heterocycles. The van der Waals surface area contributed by atoms with Crippen LogP contribution in [0.4, 0.5) is 4.39 Å². The van der Waals surface area contributed by atoms with Crippen molar-refractivity contribution in [2.45, 2.75) is 13.0 Å². The zero-order valence-electron chi connectivity index (χ0n) is 10.5. The van der Waals surface area contributed by atoms with E-state index in [-0.39, 0.29) is 12.4 Å². The van der Waals surface area contributed by atoms with Gasteiger partial charge in [-0.25, -0.2) is 4.39 Å². The summed E-state index contributed by atoms with van der Waals surface area (Å²) in [6, 6.07) is 4.41. The molecule has 1 rings (SSSR count). The number of nitrogens with zero attached hydrogens (tertiary/aromatic N) is 1. The van der Waals surface area contributed by atoms with Gasteiger partial charge >= 0.3 is 0 Å². The summed E-state index contributed by atoms with van der Waals surface area (Å²) in [4.78, 5) is 2.12. The minimum absolute atomic E-state index is 0.153. The Kier molecular flexibility index (Phi) is 7.20. The van der Waals surface area contributed by atoms with Crippen molar-refractivity contribution in [3.05, 3.63) is 34.6 Å². The minimum atomic E-state index is -0.331. The highest BCUT2D eigenvalue weighted by molar-refractivity contribution is 6.31. The highest BCUT2D eigenvalue weighted by atomic mass is 35.5. The molecule has 0 saturated heterocycles. The van der Waals surface area contributed by atoms with Crippen LogP contribution in [-0.2, 0) is 11.3 Å². The zero-order valence-corrected chi connectivity index (χ0v) is 11.3. The Labute approximate surface area is 112 Å². The van der Waals surface area contributed by atoms with Gasteiger partial charge in [0.2, 0.25) is 0 Å². The molecular weight excluding hydrogens is 257 g/mol. The fourth-order valence-corrected chi connectivity index (χ4v) is 1.90. The Hall–Kier alpha value is -0.680. The SMILES string of the molecule is COCCN(CCCO)Cc1ccc(F)cc1Cl. The van der Waals surface area contributed by atoms with Gasteiger partial charge in [0.05, 0.1) is 6.61 Å². The number of hydrogen-bond acceptors (Lipinski definition) is 3. The number of halogens is 2. The van der Waals surface area contributed by atoms with Crippen LogP contribution in [0, 0.1) is 5.82 Å². The molecular formula is C13H19ClFNO2. The molecule has 1 aromatic rings. The third-order valence-electron chi connectivity index (χ3n) is 2.65. The lowest BCUT2D eigenvalue weighted by Gasteiger charge is -2.22. The maximum atomic E-state index is 12.9. The molecule has 0 heterocycles. The van der Waals surface area contributed by atoms with Gasteiger partial charge in [-0.2, -0.15) is 0 Å². The van der Waals surface area contributed by atoms with Crippen molar-refractivity contribution < 1.29 is 14.2 Å². The van der Waals surface area contributed by atoms with Crippen LogP contribution in [0.15, 0.2) is 18.2 Å². The van der Waals surface area contributed by atoms with Crippen LogP contribution in [0.2, 0.25) is 5.02 Å². The van der Waals surface area contributed by atoms with Gasteiger partial charge in [0.15, 0.2) is 0 Å². The zero-order chi connectivity index (χ0) is 13.4. The van der Waals surface area contributed by atoms with Crippen LogP contribution >= 0.6 is 11.6 Å². The van der Waals surface area contributed by atoms with E-state index in [4.69, 9.17) is 21.4 Å². The van der Waals surface area contributed by atoms with E-state index in [0.29, 0.717) is 24.6 Å². The molecule has 0 bridgehead atoms. The van der Waals surface area contributed by atoms with E-state index in [1.165, 1.54) is 12.1 Å². The molecule has 0 saturated carbocycles. The van der Waals surface area contributed by atoms with E-state index in [2.05, 4.69) is 4.90 Å². The van der Waals surface area contributed by atoms with Crippen LogP contribution < -0.4 is 0 Å². The van der Waals surface area contributed by atoms with Crippen molar-refractivity contribution in [1.82, 2.24) is 4.90 Å². The van der Waals surface area contributed by atoms with Gasteiger partial charge in [0, 0.05) is 38.4 Å². The van der Waals surface area contributed by atoms with Crippen molar-refractivity contribution in [2.75, 3.05) is 33.4 Å². The monoisotopic (exact) mass is 275 g/mol. The highest BCUT2D eigenvalue weighted by Gasteiger charge is 2.09. The molecule has 1 N–H and O–H groups in total. The normalized spacial score (nSPS) is 11.2. The van der Waals surface area contributed by atoms with Crippen molar-refractivity contribution in [3.8, 4) is 0 Å². The third kappa shape index (κ3) is 5.31. The molecule has 0 radical (unpaired) electrons. The predicted molar refractivity (Wildman–Crippen MR) is 70.3 cm³/mol. The number of hydrogen-bond donors (Lipinski definition) is 1. The maximum absolute atomic E-state index is 12.9. The summed E-state index contributed by atoms with van der Waals surface area (Å²) in [6.07, 6.45) is 0.697. The Balaban J connectivity index is 2.62. The van der Waals surface area contributed by atoms with Gasteiger partial charge in [-0.1, -0.05) is 17.7 Å². The van der Waals surface area contributed by atoms with E-state index in [1.54, 1.807) is 13.2 Å². The summed E-state index contributed by atoms with van der Waals surface area (Å²) < 4.78 is 18.0. The van der Waals surface area contributed by atoms with Gasteiger partial charge in [-0.3, -0.25) is 4.90 Å². The first-order valence-corrected chi connectivity index (χ1v) is 6.31. The molecule has 102 valence electrons. The molecule has 1 aromatic carbocycles. The maximum Gasteiger partial charge on any atom is 0.124 e. The van der Waals surface area contributed by atoms with E-state index < -0.39 is 0 Å². The number of aliphatic hydroxyl groups is 1. The lowest BCUT2D eigenvalue weighted by molar-refractivity contribution is 0.137. The van der Waals surface area contributed by atoms with Gasteiger partial charge in [-0.15, -0.1) is 0 Å². The Morgan fingerprint density at radius 1 is 1.39 bits per heavy atom. The van der Waals surface area contributed by atoms with E-state index in [9.17, 15) is 4.39 Å². The lowest BCUT2D eigenvalue weighted by atomic mass is 10.2. The van der Waals surface area contributed by atoms with Crippen LogP contribution in [0.5, 0.6) is 0 Å². The van der Waals surface area contributed by atoms with Gasteiger partial charge in [-0.05, 0) is 24.1 Å². The molecule has 0 spiro atoms. The highest BCUT2D eigenvalue weighted by Crippen LogP contribution is 2.19. The Bertz CT molecular complexity index is 355. The number of ether oxygens (including phenoxy) is 1. The number of benzene rings is 1. The van der Waals surface area contributed by atoms with E-state index in [1.807, 2.05) is 0 Å². The van der Waals surface area contributed by atoms with Gasteiger partial charge in [0.1, 0.15) is 5.82 Å². The predicted octanol–water partition coefficient (Wildman–Crippen LogP) is 2.31. The van der Waals surface area contributed by atoms with Gasteiger partial charge in [0.25, 0.3) is 0 Å². The first-order chi connectivity index (χ1) is 8.67. The quantitative estimate of drug-likeness (QED) is 0.790. The second-order valence-corrected chi connectivity index (χ2v) is 4.49. The molecule has 5 heteroatoms. The fourth-order valence-electron chi connectivity index (χ4n) is 1.68. The number of aliphatic hydroxyl groups excluding tert-OH is 1. The molecule has 0 aromatic heterocycles. The van der Waals surface area contributed by atoms with Gasteiger partial charge < -0.3 is 9.84 Å². The second-order valence-electron chi connectivity index (χ2n) is 4.08. The first kappa shape index (κ1) is 15.4. The Morgan fingerprint density at radius 2 is 2.17 bits per heavy atom. The van der Waals surface area contributed by atoms with Crippen molar-refractivity contribution in [2.24, 2.45) is 0 Å². The lowest BCUT2D eigenvalue weighted by Crippen LogP contribution is -2.28. The summed E-state index contributed by atoms with van der Waals surface area (Å²) in [5.41, 5.74) is 0.882. The molecule has 0 fully saturated rings. The third-order valence-corrected chi connectivity index (χ3v) is 3.01. The fraction of sp³-hybridized carbons (Fsp3) is 0.538. The summed E-state index contributed by atoms with van der Waals surface area (Å²) in [7, 11) is 1.65. The molecule has 0 aliphatic rings. The van der Waals surface area contributed by atoms with Crippen molar-refractivity contribution in [3.63, 3.8) is 0 Å². The Morgan fingerprint density at radius 3 is 2.78 bits per heavy atom. The minimum Gasteiger partial charge on any atom is -0.396 e. The average molecular weight is 276 g/mol.